The number of rotatable bonds is 10. The lowest BCUT2D eigenvalue weighted by Crippen LogP contribution is -2.58. The summed E-state index contributed by atoms with van der Waals surface area (Å²) < 4.78 is 57.5. The highest BCUT2D eigenvalue weighted by Crippen LogP contribution is 2.48. The average Bonchev–Trinajstić information content (AvgIpc) is 1.36. The summed E-state index contributed by atoms with van der Waals surface area (Å²) in [5, 5.41) is 0. The van der Waals surface area contributed by atoms with Gasteiger partial charge in [-0.05, 0) is 496 Å². The first-order valence-corrected chi connectivity index (χ1v) is 60.3. The van der Waals surface area contributed by atoms with Crippen LogP contribution < -0.4 is 0 Å². The molecule has 139 heavy (non-hydrogen) atoms. The van der Waals surface area contributed by atoms with Crippen molar-refractivity contribution in [3.8, 4) is 0 Å². The van der Waals surface area contributed by atoms with E-state index in [-0.39, 0.29) is 16.9 Å². The van der Waals surface area contributed by atoms with E-state index in [4.69, 9.17) is 47.4 Å². The number of piperidine rings is 10. The molecule has 20 saturated heterocycles. The van der Waals surface area contributed by atoms with Gasteiger partial charge in [-0.25, -0.2) is 0 Å². The van der Waals surface area contributed by atoms with Crippen molar-refractivity contribution in [3.05, 3.63) is 0 Å². The molecule has 0 aliphatic carbocycles. The molecule has 0 saturated carbocycles. The fourth-order valence-corrected chi connectivity index (χ4v) is 29.0. The molecule has 0 amide bonds. The molecule has 4 atom stereocenters. The van der Waals surface area contributed by atoms with E-state index in [9.17, 15) is 0 Å². The third-order valence-electron chi connectivity index (χ3n) is 38.6. The van der Waals surface area contributed by atoms with E-state index in [1.54, 1.807) is 0 Å². The average molecular weight is 1960 g/mol. The van der Waals surface area contributed by atoms with Crippen molar-refractivity contribution >= 4 is 0 Å². The molecule has 20 nitrogen and oxygen atoms in total. The Morgan fingerprint density at radius 2 is 0.460 bits per heavy atom. The normalized spacial score (nSPS) is 31.3. The van der Waals surface area contributed by atoms with Gasteiger partial charge in [-0.1, -0.05) is 12.8 Å². The second-order valence-electron chi connectivity index (χ2n) is 51.4. The molecule has 814 valence electrons. The summed E-state index contributed by atoms with van der Waals surface area (Å²) in [4.78, 5) is 26.2. The fourth-order valence-electron chi connectivity index (χ4n) is 29.0. The van der Waals surface area contributed by atoms with E-state index in [1.807, 2.05) is 0 Å². The van der Waals surface area contributed by atoms with Crippen LogP contribution in [0.15, 0.2) is 0 Å². The minimum atomic E-state index is 0.130. The van der Waals surface area contributed by atoms with Gasteiger partial charge in [-0.15, -0.1) is 0 Å². The molecule has 0 aromatic carbocycles. The number of nitrogens with zero attached hydrogens (tertiary/aromatic N) is 10. The topological polar surface area (TPSA) is 125 Å². The molecule has 10 spiro atoms. The van der Waals surface area contributed by atoms with Crippen molar-refractivity contribution in [3.63, 3.8) is 0 Å². The Morgan fingerprint density at radius 3 is 0.863 bits per heavy atom. The second-order valence-corrected chi connectivity index (χ2v) is 51.4. The largest absolute Gasteiger partial charge is 0.381 e. The predicted octanol–water partition coefficient (Wildman–Crippen LogP) is 23.7. The lowest BCUT2D eigenvalue weighted by atomic mass is 9.72. The quantitative estimate of drug-likeness (QED) is 0.206. The van der Waals surface area contributed by atoms with E-state index < -0.39 is 0 Å². The first kappa shape index (κ1) is 118. The molecule has 0 bridgehead atoms. The van der Waals surface area contributed by atoms with Gasteiger partial charge >= 0.3 is 0 Å². The summed E-state index contributed by atoms with van der Waals surface area (Å²) >= 11 is 0. The van der Waals surface area contributed by atoms with Crippen LogP contribution in [0.2, 0.25) is 0 Å². The zero-order valence-electron chi connectivity index (χ0n) is 95.2. The van der Waals surface area contributed by atoms with Crippen molar-refractivity contribution in [1.29, 1.82) is 0 Å². The smallest absolute Gasteiger partial charge is 0.121 e. The third kappa shape index (κ3) is 35.9. The standard InChI is InChI=1S/9C12H23NO.C11H21NO/c1-11(2)13-7-3-12(4-8-13)5-9-14-10-6-12;1-11(2)13-7-3-5-12(9-13)6-4-8-14-10-12;1-11(2)13-9-5-3-7-12(13)8-4-6-10-14-12;1-11(2)13-7-5-12(6-8-13)4-3-9-14-10-12;1-11(2)13-7-3-4-12(10-13)5-8-14-9-6-12;1-11(2)13-8-5-7-12(10-13)6-3-4-9-14-12;1-11(2)13-8-4-3-6-12(13)7-5-9-14-10-12;1-11(2)13-8-6-12(7-9-13)5-3-4-10-14-12;1-11(2)13-8-4-3-5-12(13)6-9-14-10-7-12;1-10(2)12-7-5-11(6-8-12)4-3-9-13-11/h9*11H,3-10H2,1-2H3;10H,3-9H2,1-2H3. The molecule has 20 aliphatic rings. The number of likely N-dealkylation sites (tertiary alicyclic amines) is 10. The van der Waals surface area contributed by atoms with Crippen LogP contribution in [0.25, 0.3) is 0 Å². The summed E-state index contributed by atoms with van der Waals surface area (Å²) in [6, 6.07) is 6.97. The molecule has 20 aliphatic heterocycles. The lowest BCUT2D eigenvalue weighted by Gasteiger charge is -2.51. The van der Waals surface area contributed by atoms with Crippen LogP contribution in [-0.4, -0.2) is 360 Å². The molecule has 20 fully saturated rings. The van der Waals surface area contributed by atoms with Gasteiger partial charge in [0.2, 0.25) is 0 Å². The number of hydrogen-bond donors (Lipinski definition) is 0. The maximum Gasteiger partial charge on any atom is 0.121 e. The first-order valence-electron chi connectivity index (χ1n) is 60.3. The van der Waals surface area contributed by atoms with E-state index in [0.717, 1.165) is 124 Å². The summed E-state index contributed by atoms with van der Waals surface area (Å²) in [7, 11) is 0. The molecule has 20 heterocycles. The number of ether oxygens (including phenoxy) is 10. The van der Waals surface area contributed by atoms with E-state index in [1.165, 1.54) is 407 Å². The molecule has 0 N–H and O–H groups in total. The van der Waals surface area contributed by atoms with Gasteiger partial charge in [-0.3, -0.25) is 19.6 Å². The Kier molecular flexibility index (Phi) is 50.0. The van der Waals surface area contributed by atoms with Gasteiger partial charge in [0.05, 0.1) is 36.6 Å². The van der Waals surface area contributed by atoms with Crippen molar-refractivity contribution in [2.45, 2.75) is 528 Å². The van der Waals surface area contributed by atoms with Crippen LogP contribution >= 0.6 is 0 Å². The highest BCUT2D eigenvalue weighted by molar-refractivity contribution is 5.02. The van der Waals surface area contributed by atoms with Crippen molar-refractivity contribution in [1.82, 2.24) is 49.0 Å². The minimum absolute atomic E-state index is 0.130. The molecular formula is C119H228N10O10. The summed E-state index contributed by atoms with van der Waals surface area (Å²) in [6.07, 6.45) is 60.9. The highest BCUT2D eigenvalue weighted by atomic mass is 16.5. The lowest BCUT2D eigenvalue weighted by molar-refractivity contribution is -0.206. The highest BCUT2D eigenvalue weighted by Gasteiger charge is 2.49. The fraction of sp³-hybridized carbons (Fsp3) is 1.00. The van der Waals surface area contributed by atoms with E-state index in [0.29, 0.717) is 80.6 Å². The molecule has 0 aromatic heterocycles. The van der Waals surface area contributed by atoms with Gasteiger partial charge in [-0.2, -0.15) is 0 Å². The predicted molar refractivity (Wildman–Crippen MR) is 580 cm³/mol. The summed E-state index contributed by atoms with van der Waals surface area (Å²) in [6.45, 7) is 83.5. The molecule has 4 unspecified atom stereocenters. The van der Waals surface area contributed by atoms with Gasteiger partial charge in [0.1, 0.15) is 5.72 Å². The van der Waals surface area contributed by atoms with Crippen molar-refractivity contribution in [2.24, 2.45) is 21.7 Å². The first-order chi connectivity index (χ1) is 66.8. The zero-order valence-corrected chi connectivity index (χ0v) is 95.2. The van der Waals surface area contributed by atoms with Crippen LogP contribution in [0.3, 0.4) is 0 Å². The van der Waals surface area contributed by atoms with Crippen LogP contribution in [0.4, 0.5) is 0 Å². The monoisotopic (exact) mass is 1960 g/mol. The van der Waals surface area contributed by atoms with Crippen LogP contribution in [0.1, 0.15) is 434 Å². The van der Waals surface area contributed by atoms with Gasteiger partial charge < -0.3 is 76.8 Å². The maximum atomic E-state index is 6.11. The van der Waals surface area contributed by atoms with Crippen LogP contribution in [0.5, 0.6) is 0 Å². The van der Waals surface area contributed by atoms with Gasteiger partial charge in [0, 0.05) is 215 Å². The van der Waals surface area contributed by atoms with Crippen LogP contribution in [0, 0.1) is 21.7 Å². The van der Waals surface area contributed by atoms with E-state index >= 15 is 0 Å². The Balaban J connectivity index is 0.000000148. The van der Waals surface area contributed by atoms with Crippen molar-refractivity contribution < 1.29 is 47.4 Å². The molecule has 0 radical (unpaired) electrons. The maximum absolute atomic E-state index is 6.11. The number of hydrogen-bond acceptors (Lipinski definition) is 20. The Hall–Kier alpha value is -0.800. The molecular weight excluding hydrogens is 1730 g/mol. The summed E-state index contributed by atoms with van der Waals surface area (Å²) in [5.74, 6) is 0. The molecule has 20 rings (SSSR count). The van der Waals surface area contributed by atoms with Crippen LogP contribution in [-0.2, 0) is 47.4 Å². The third-order valence-corrected chi connectivity index (χ3v) is 38.6. The van der Waals surface area contributed by atoms with Gasteiger partial charge in [0.25, 0.3) is 0 Å². The Labute approximate surface area is 857 Å². The molecule has 0 aromatic rings. The SMILES string of the molecule is CC(C)N1CCC2(CCCCO2)CC1.CC(C)N1CCC2(CCCO2)CC1.CC(C)N1CCC2(CCCOC2)CC1.CC(C)N1CCC2(CCOCC2)CC1.CC(C)N1CCCC2(CCCCO2)C1.CC(C)N1CCCC2(CCCOC2)C1.CC(C)N1CCCC2(CCOCC2)C1.CC(C)N1CCCCC12CCCCO2.CC(C)N1CCCCC12CCCOC2.CC(C)N1CCCCC12CCOCC2. The van der Waals surface area contributed by atoms with E-state index in [2.05, 4.69) is 187 Å². The Morgan fingerprint density at radius 1 is 0.158 bits per heavy atom. The second kappa shape index (κ2) is 58.7. The molecule has 20 heteroatoms. The summed E-state index contributed by atoms with van der Waals surface area (Å²) in [5.41, 5.74) is 4.20. The zero-order chi connectivity index (χ0) is 99.5. The van der Waals surface area contributed by atoms with Gasteiger partial charge in [0.15, 0.2) is 0 Å². The van der Waals surface area contributed by atoms with Crippen molar-refractivity contribution in [2.75, 3.05) is 217 Å². The Bertz CT molecular complexity index is 2840. The minimum Gasteiger partial charge on any atom is -0.381 e.